The molecule has 0 radical (unpaired) electrons. The molecular formula is C12H16F3N3O2S. The third kappa shape index (κ3) is 3.35. The van der Waals surface area contributed by atoms with E-state index in [1.165, 1.54) is 4.31 Å². The zero-order chi connectivity index (χ0) is 15.8. The molecule has 0 aliphatic carbocycles. The number of alkyl halides is 3. The van der Waals surface area contributed by atoms with Crippen molar-refractivity contribution >= 4 is 10.0 Å². The van der Waals surface area contributed by atoms with Crippen LogP contribution in [0.1, 0.15) is 12.1 Å². The van der Waals surface area contributed by atoms with Gasteiger partial charge in [0.05, 0.1) is 0 Å². The molecule has 1 aliphatic heterocycles. The van der Waals surface area contributed by atoms with Crippen LogP contribution in [0.15, 0.2) is 23.2 Å². The average molecular weight is 323 g/mol. The van der Waals surface area contributed by atoms with Gasteiger partial charge in [0.25, 0.3) is 0 Å². The van der Waals surface area contributed by atoms with Gasteiger partial charge in [0, 0.05) is 25.3 Å². The number of pyridine rings is 1. The van der Waals surface area contributed by atoms with Gasteiger partial charge in [-0.25, -0.2) is 8.42 Å². The van der Waals surface area contributed by atoms with E-state index in [0.717, 1.165) is 12.3 Å². The minimum Gasteiger partial charge on any atom is -0.305 e. The molecule has 0 spiro atoms. The first-order chi connectivity index (χ1) is 9.62. The van der Waals surface area contributed by atoms with E-state index in [0.29, 0.717) is 25.6 Å². The number of rotatable bonds is 3. The van der Waals surface area contributed by atoms with Crippen molar-refractivity contribution in [3.63, 3.8) is 0 Å². The Morgan fingerprint density at radius 3 is 2.43 bits per heavy atom. The van der Waals surface area contributed by atoms with Crippen molar-refractivity contribution in [3.8, 4) is 0 Å². The molecule has 9 heteroatoms. The first-order valence-electron chi connectivity index (χ1n) is 6.32. The maximum absolute atomic E-state index is 12.4. The van der Waals surface area contributed by atoms with Gasteiger partial charge in [-0.3, -0.25) is 4.98 Å². The van der Waals surface area contributed by atoms with Gasteiger partial charge in [-0.15, -0.1) is 0 Å². The molecule has 0 aromatic carbocycles. The molecule has 0 amide bonds. The van der Waals surface area contributed by atoms with E-state index >= 15 is 0 Å². The number of halogens is 3. The van der Waals surface area contributed by atoms with Crippen LogP contribution in [-0.2, 0) is 16.2 Å². The lowest BCUT2D eigenvalue weighted by molar-refractivity contribution is -0.141. The molecule has 5 nitrogen and oxygen atoms in total. The highest BCUT2D eigenvalue weighted by Gasteiger charge is 2.35. The topological polar surface area (TPSA) is 53.5 Å². The zero-order valence-electron chi connectivity index (χ0n) is 11.6. The van der Waals surface area contributed by atoms with E-state index in [2.05, 4.69) is 4.98 Å². The molecule has 21 heavy (non-hydrogen) atoms. The first-order valence-corrected chi connectivity index (χ1v) is 7.76. The van der Waals surface area contributed by atoms with Crippen molar-refractivity contribution < 1.29 is 21.6 Å². The molecule has 1 aromatic heterocycles. The summed E-state index contributed by atoms with van der Waals surface area (Å²) in [5, 5.41) is 0. The predicted octanol–water partition coefficient (Wildman–Crippen LogP) is 1.43. The molecule has 1 unspecified atom stereocenters. The quantitative estimate of drug-likeness (QED) is 0.844. The second-order valence-electron chi connectivity index (χ2n) is 5.15. The molecule has 1 saturated heterocycles. The van der Waals surface area contributed by atoms with Gasteiger partial charge < -0.3 is 4.90 Å². The molecular weight excluding hydrogens is 307 g/mol. The Labute approximate surface area is 121 Å². The van der Waals surface area contributed by atoms with Crippen LogP contribution in [0.3, 0.4) is 0 Å². The Bertz CT molecular complexity index is 599. The summed E-state index contributed by atoms with van der Waals surface area (Å²) in [7, 11) is -0.0674. The summed E-state index contributed by atoms with van der Waals surface area (Å²) in [4.78, 5) is 4.92. The number of hydrogen-bond donors (Lipinski definition) is 0. The van der Waals surface area contributed by atoms with E-state index in [-0.39, 0.29) is 10.9 Å². The van der Waals surface area contributed by atoms with Crippen LogP contribution < -0.4 is 0 Å². The summed E-state index contributed by atoms with van der Waals surface area (Å²) in [6.07, 6.45) is -3.12. The highest BCUT2D eigenvalue weighted by molar-refractivity contribution is 7.89. The summed E-state index contributed by atoms with van der Waals surface area (Å²) >= 11 is 0. The van der Waals surface area contributed by atoms with Crippen LogP contribution in [0.25, 0.3) is 0 Å². The minimum atomic E-state index is -4.58. The average Bonchev–Trinajstić information content (AvgIpc) is 2.88. The highest BCUT2D eigenvalue weighted by Crippen LogP contribution is 2.29. The lowest BCUT2D eigenvalue weighted by atomic mass is 10.2. The van der Waals surface area contributed by atoms with E-state index in [1.54, 1.807) is 0 Å². The summed E-state index contributed by atoms with van der Waals surface area (Å²) in [5.41, 5.74) is -1.10. The fourth-order valence-corrected chi connectivity index (χ4v) is 3.64. The third-order valence-corrected chi connectivity index (χ3v) is 5.37. The summed E-state index contributed by atoms with van der Waals surface area (Å²) in [5.74, 6) is 0. The Kier molecular flexibility index (Phi) is 4.27. The van der Waals surface area contributed by atoms with E-state index < -0.39 is 21.9 Å². The van der Waals surface area contributed by atoms with E-state index in [1.807, 2.05) is 19.0 Å². The molecule has 1 aromatic rings. The summed E-state index contributed by atoms with van der Waals surface area (Å²) < 4.78 is 63.3. The number of aromatic nitrogens is 1. The van der Waals surface area contributed by atoms with Gasteiger partial charge in [0.2, 0.25) is 10.0 Å². The second-order valence-corrected chi connectivity index (χ2v) is 7.08. The largest absolute Gasteiger partial charge is 0.433 e. The molecule has 1 aliphatic rings. The van der Waals surface area contributed by atoms with Crippen LogP contribution in [0.4, 0.5) is 13.2 Å². The Balaban J connectivity index is 2.21. The monoisotopic (exact) mass is 323 g/mol. The van der Waals surface area contributed by atoms with Gasteiger partial charge in [-0.1, -0.05) is 0 Å². The first kappa shape index (κ1) is 16.2. The molecule has 0 bridgehead atoms. The van der Waals surface area contributed by atoms with Crippen molar-refractivity contribution in [3.05, 3.63) is 24.0 Å². The molecule has 118 valence electrons. The van der Waals surface area contributed by atoms with Gasteiger partial charge in [-0.05, 0) is 32.6 Å². The smallest absolute Gasteiger partial charge is 0.305 e. The lowest BCUT2D eigenvalue weighted by Crippen LogP contribution is -2.34. The fraction of sp³-hybridized carbons (Fsp3) is 0.583. The standard InChI is InChI=1S/C12H16F3N3O2S/c1-17(2)9-5-6-18(8-9)21(19,20)10-3-4-11(16-7-10)12(13,14)15/h3-4,7,9H,5-6,8H2,1-2H3. The molecule has 2 rings (SSSR count). The molecule has 1 fully saturated rings. The van der Waals surface area contributed by atoms with Crippen LogP contribution in [-0.4, -0.2) is 55.8 Å². The van der Waals surface area contributed by atoms with Gasteiger partial charge >= 0.3 is 6.18 Å². The summed E-state index contributed by atoms with van der Waals surface area (Å²) in [6, 6.07) is 1.75. The van der Waals surface area contributed by atoms with Crippen molar-refractivity contribution in [2.75, 3.05) is 27.2 Å². The summed E-state index contributed by atoms with van der Waals surface area (Å²) in [6.45, 7) is 0.683. The normalized spacial score (nSPS) is 21.1. The Hall–Kier alpha value is -1.19. The second kappa shape index (κ2) is 5.54. The van der Waals surface area contributed by atoms with Crippen molar-refractivity contribution in [2.45, 2.75) is 23.5 Å². The maximum atomic E-state index is 12.4. The molecule has 0 N–H and O–H groups in total. The SMILES string of the molecule is CN(C)C1CCN(S(=O)(=O)c2ccc(C(F)(F)F)nc2)C1. The van der Waals surface area contributed by atoms with Crippen LogP contribution >= 0.6 is 0 Å². The number of nitrogens with zero attached hydrogens (tertiary/aromatic N) is 3. The van der Waals surface area contributed by atoms with Crippen molar-refractivity contribution in [1.82, 2.24) is 14.2 Å². The minimum absolute atomic E-state index is 0.113. The molecule has 2 heterocycles. The van der Waals surface area contributed by atoms with E-state index in [9.17, 15) is 21.6 Å². The van der Waals surface area contributed by atoms with Crippen LogP contribution in [0.2, 0.25) is 0 Å². The number of likely N-dealkylation sites (N-methyl/N-ethyl adjacent to an activating group) is 1. The van der Waals surface area contributed by atoms with Gasteiger partial charge in [0.15, 0.2) is 0 Å². The molecule has 0 saturated carbocycles. The Morgan fingerprint density at radius 1 is 1.33 bits per heavy atom. The maximum Gasteiger partial charge on any atom is 0.433 e. The fourth-order valence-electron chi connectivity index (χ4n) is 2.20. The van der Waals surface area contributed by atoms with Gasteiger partial charge in [-0.2, -0.15) is 17.5 Å². The predicted molar refractivity (Wildman–Crippen MR) is 70.1 cm³/mol. The van der Waals surface area contributed by atoms with Crippen molar-refractivity contribution in [2.24, 2.45) is 0 Å². The van der Waals surface area contributed by atoms with Crippen molar-refractivity contribution in [1.29, 1.82) is 0 Å². The third-order valence-electron chi connectivity index (χ3n) is 3.52. The van der Waals surface area contributed by atoms with Gasteiger partial charge in [0.1, 0.15) is 10.6 Å². The van der Waals surface area contributed by atoms with E-state index in [4.69, 9.17) is 0 Å². The Morgan fingerprint density at radius 2 is 2.00 bits per heavy atom. The highest BCUT2D eigenvalue weighted by atomic mass is 32.2. The molecule has 1 atom stereocenters. The number of sulfonamides is 1. The number of hydrogen-bond acceptors (Lipinski definition) is 4. The lowest BCUT2D eigenvalue weighted by Gasteiger charge is -2.20. The zero-order valence-corrected chi connectivity index (χ0v) is 12.4. The van der Waals surface area contributed by atoms with Crippen LogP contribution in [0, 0.1) is 0 Å². The van der Waals surface area contributed by atoms with Crippen LogP contribution in [0.5, 0.6) is 0 Å².